The molecule has 0 saturated carbocycles. The molecule has 1 aliphatic rings. The summed E-state index contributed by atoms with van der Waals surface area (Å²) in [6.45, 7) is 6.07. The van der Waals surface area contributed by atoms with Crippen molar-refractivity contribution in [3.05, 3.63) is 0 Å². The van der Waals surface area contributed by atoms with Crippen molar-refractivity contribution in [3.63, 3.8) is 0 Å². The molecule has 1 aliphatic heterocycles. The Kier molecular flexibility index (Phi) is 7.80. The SMILES string of the molecule is CC1(C)CCCN1C(=O)CCCCCCN.Cl. The van der Waals surface area contributed by atoms with Crippen LogP contribution in [0.15, 0.2) is 0 Å². The monoisotopic (exact) mass is 262 g/mol. The number of carbonyl (C=O) groups is 1. The molecule has 1 fully saturated rings. The molecule has 1 saturated heterocycles. The lowest BCUT2D eigenvalue weighted by atomic mass is 10.0. The third kappa shape index (κ3) is 5.26. The maximum Gasteiger partial charge on any atom is 0.223 e. The number of hydrogen-bond acceptors (Lipinski definition) is 2. The second kappa shape index (κ2) is 7.93. The summed E-state index contributed by atoms with van der Waals surface area (Å²) in [5.74, 6) is 0.343. The molecule has 0 radical (unpaired) electrons. The van der Waals surface area contributed by atoms with Crippen LogP contribution in [0.5, 0.6) is 0 Å². The molecular weight excluding hydrogens is 236 g/mol. The Hall–Kier alpha value is -0.280. The van der Waals surface area contributed by atoms with E-state index in [-0.39, 0.29) is 17.9 Å². The number of amides is 1. The lowest BCUT2D eigenvalue weighted by Gasteiger charge is -2.31. The molecule has 1 amide bonds. The van der Waals surface area contributed by atoms with Gasteiger partial charge in [-0.1, -0.05) is 12.8 Å². The first-order chi connectivity index (χ1) is 7.58. The second-order valence-corrected chi connectivity index (χ2v) is 5.41. The fourth-order valence-corrected chi connectivity index (χ4v) is 2.48. The van der Waals surface area contributed by atoms with Gasteiger partial charge in [-0.2, -0.15) is 0 Å². The first-order valence-electron chi connectivity index (χ1n) is 6.58. The van der Waals surface area contributed by atoms with Crippen molar-refractivity contribution < 1.29 is 4.79 Å². The molecule has 0 spiro atoms. The highest BCUT2D eigenvalue weighted by molar-refractivity contribution is 5.85. The van der Waals surface area contributed by atoms with Gasteiger partial charge in [0, 0.05) is 18.5 Å². The minimum atomic E-state index is 0. The molecule has 2 N–H and O–H groups in total. The molecule has 0 unspecified atom stereocenters. The van der Waals surface area contributed by atoms with E-state index in [0.29, 0.717) is 12.3 Å². The number of halogens is 1. The van der Waals surface area contributed by atoms with Gasteiger partial charge in [-0.25, -0.2) is 0 Å². The molecule has 0 atom stereocenters. The molecule has 1 heterocycles. The number of unbranched alkanes of at least 4 members (excludes halogenated alkanes) is 3. The summed E-state index contributed by atoms with van der Waals surface area (Å²) in [7, 11) is 0. The first kappa shape index (κ1) is 16.7. The smallest absolute Gasteiger partial charge is 0.223 e. The Balaban J connectivity index is 0.00000256. The maximum absolute atomic E-state index is 12.0. The van der Waals surface area contributed by atoms with E-state index in [9.17, 15) is 4.79 Å². The molecule has 0 aromatic heterocycles. The van der Waals surface area contributed by atoms with Gasteiger partial charge in [-0.15, -0.1) is 12.4 Å². The van der Waals surface area contributed by atoms with Gasteiger partial charge in [0.25, 0.3) is 0 Å². The third-order valence-electron chi connectivity index (χ3n) is 3.55. The van der Waals surface area contributed by atoms with E-state index >= 15 is 0 Å². The molecule has 3 nitrogen and oxygen atoms in total. The van der Waals surface area contributed by atoms with Gasteiger partial charge in [0.1, 0.15) is 0 Å². The summed E-state index contributed by atoms with van der Waals surface area (Å²) in [6, 6.07) is 0. The van der Waals surface area contributed by atoms with Crippen LogP contribution in [0.1, 0.15) is 58.8 Å². The Bertz CT molecular complexity index is 231. The quantitative estimate of drug-likeness (QED) is 0.748. The number of nitrogens with two attached hydrogens (primary N) is 1. The van der Waals surface area contributed by atoms with Crippen LogP contribution >= 0.6 is 12.4 Å². The number of carbonyl (C=O) groups excluding carboxylic acids is 1. The van der Waals surface area contributed by atoms with E-state index in [4.69, 9.17) is 5.73 Å². The molecule has 4 heteroatoms. The van der Waals surface area contributed by atoms with Crippen LogP contribution in [0.25, 0.3) is 0 Å². The van der Waals surface area contributed by atoms with Gasteiger partial charge < -0.3 is 10.6 Å². The fraction of sp³-hybridized carbons (Fsp3) is 0.923. The van der Waals surface area contributed by atoms with Crippen molar-refractivity contribution in [1.29, 1.82) is 0 Å². The van der Waals surface area contributed by atoms with E-state index in [1.54, 1.807) is 0 Å². The topological polar surface area (TPSA) is 46.3 Å². The van der Waals surface area contributed by atoms with Crippen LogP contribution in [-0.4, -0.2) is 29.4 Å². The molecule has 0 aliphatic carbocycles. The highest BCUT2D eigenvalue weighted by Crippen LogP contribution is 2.28. The van der Waals surface area contributed by atoms with Crippen molar-refractivity contribution in [1.82, 2.24) is 4.90 Å². The number of hydrogen-bond donors (Lipinski definition) is 1. The maximum atomic E-state index is 12.0. The zero-order valence-corrected chi connectivity index (χ0v) is 12.0. The standard InChI is InChI=1S/C13H26N2O.ClH/c1-13(2)9-7-11-15(13)12(16)8-5-3-4-6-10-14;/h3-11,14H2,1-2H3;1H. The van der Waals surface area contributed by atoms with E-state index < -0.39 is 0 Å². The molecule has 0 bridgehead atoms. The number of nitrogens with zero attached hydrogens (tertiary/aromatic N) is 1. The van der Waals surface area contributed by atoms with Gasteiger partial charge in [0.2, 0.25) is 5.91 Å². The average molecular weight is 263 g/mol. The lowest BCUT2D eigenvalue weighted by molar-refractivity contribution is -0.134. The summed E-state index contributed by atoms with van der Waals surface area (Å²) >= 11 is 0. The Morgan fingerprint density at radius 1 is 1.24 bits per heavy atom. The Morgan fingerprint density at radius 2 is 1.88 bits per heavy atom. The predicted octanol–water partition coefficient (Wildman–Crippen LogP) is 2.72. The van der Waals surface area contributed by atoms with E-state index in [1.807, 2.05) is 0 Å². The molecular formula is C13H27ClN2O. The van der Waals surface area contributed by atoms with Crippen LogP contribution < -0.4 is 5.73 Å². The van der Waals surface area contributed by atoms with Crippen LogP contribution in [-0.2, 0) is 4.79 Å². The van der Waals surface area contributed by atoms with Crippen LogP contribution in [0, 0.1) is 0 Å². The molecule has 102 valence electrons. The molecule has 0 aromatic rings. The number of rotatable bonds is 6. The summed E-state index contributed by atoms with van der Waals surface area (Å²) in [6.07, 6.45) is 7.42. The van der Waals surface area contributed by atoms with Crippen molar-refractivity contribution in [3.8, 4) is 0 Å². The van der Waals surface area contributed by atoms with Crippen molar-refractivity contribution in [2.75, 3.05) is 13.1 Å². The molecule has 1 rings (SSSR count). The molecule has 17 heavy (non-hydrogen) atoms. The average Bonchev–Trinajstić information content (AvgIpc) is 2.57. The van der Waals surface area contributed by atoms with Gasteiger partial charge in [0.15, 0.2) is 0 Å². The van der Waals surface area contributed by atoms with Crippen LogP contribution in [0.2, 0.25) is 0 Å². The lowest BCUT2D eigenvalue weighted by Crippen LogP contribution is -2.42. The van der Waals surface area contributed by atoms with E-state index in [1.165, 1.54) is 0 Å². The second-order valence-electron chi connectivity index (χ2n) is 5.41. The molecule has 0 aromatic carbocycles. The third-order valence-corrected chi connectivity index (χ3v) is 3.55. The van der Waals surface area contributed by atoms with Crippen molar-refractivity contribution >= 4 is 18.3 Å². The zero-order chi connectivity index (χ0) is 12.0. The van der Waals surface area contributed by atoms with Crippen LogP contribution in [0.3, 0.4) is 0 Å². The van der Waals surface area contributed by atoms with E-state index in [2.05, 4.69) is 18.7 Å². The summed E-state index contributed by atoms with van der Waals surface area (Å²) in [4.78, 5) is 14.1. The van der Waals surface area contributed by atoms with Crippen molar-refractivity contribution in [2.24, 2.45) is 5.73 Å². The van der Waals surface area contributed by atoms with Crippen LogP contribution in [0.4, 0.5) is 0 Å². The van der Waals surface area contributed by atoms with Gasteiger partial charge in [0.05, 0.1) is 0 Å². The highest BCUT2D eigenvalue weighted by atomic mass is 35.5. The predicted molar refractivity (Wildman–Crippen MR) is 74.4 cm³/mol. The summed E-state index contributed by atoms with van der Waals surface area (Å²) < 4.78 is 0. The van der Waals surface area contributed by atoms with Crippen molar-refractivity contribution in [2.45, 2.75) is 64.3 Å². The summed E-state index contributed by atoms with van der Waals surface area (Å²) in [5, 5.41) is 0. The first-order valence-corrected chi connectivity index (χ1v) is 6.58. The minimum Gasteiger partial charge on any atom is -0.338 e. The highest BCUT2D eigenvalue weighted by Gasteiger charge is 2.34. The zero-order valence-electron chi connectivity index (χ0n) is 11.2. The largest absolute Gasteiger partial charge is 0.338 e. The van der Waals surface area contributed by atoms with Gasteiger partial charge >= 0.3 is 0 Å². The minimum absolute atomic E-state index is 0. The number of likely N-dealkylation sites (tertiary alicyclic amines) is 1. The van der Waals surface area contributed by atoms with Gasteiger partial charge in [-0.3, -0.25) is 4.79 Å². The van der Waals surface area contributed by atoms with Gasteiger partial charge in [-0.05, 0) is 46.1 Å². The summed E-state index contributed by atoms with van der Waals surface area (Å²) in [5.41, 5.74) is 5.52. The Morgan fingerprint density at radius 3 is 2.41 bits per heavy atom. The van der Waals surface area contributed by atoms with E-state index in [0.717, 1.165) is 51.6 Å². The normalized spacial score (nSPS) is 17.9. The fourth-order valence-electron chi connectivity index (χ4n) is 2.48. The Labute approximate surface area is 112 Å².